The molecule has 22 nitrogen and oxygen atoms in total. The van der Waals surface area contributed by atoms with Crippen molar-refractivity contribution in [3.63, 3.8) is 0 Å². The minimum atomic E-state index is -1.65. The zero-order chi connectivity index (χ0) is 68.6. The van der Waals surface area contributed by atoms with Gasteiger partial charge in [0, 0.05) is 100 Å². The average Bonchev–Trinajstić information content (AvgIpc) is 1.58. The number of allylic oxidation sites excluding steroid dienone is 3. The molecule has 6 rings (SSSR count). The van der Waals surface area contributed by atoms with Gasteiger partial charge in [-0.1, -0.05) is 100 Å². The number of carbonyl (C=O) groups is 9. The van der Waals surface area contributed by atoms with Crippen LogP contribution in [0.5, 0.6) is 0 Å². The first-order valence-corrected chi connectivity index (χ1v) is 34.7. The molecule has 3 saturated heterocycles. The molecule has 5 N–H and O–H groups in total. The number of ketones is 2. The monoisotopic (exact) mass is 1440 g/mol. The number of epoxide rings is 1. The van der Waals surface area contributed by atoms with E-state index in [1.54, 1.807) is 51.2 Å². The molecule has 2 aromatic carbocycles. The number of hydrogen-bond donors (Lipinski definition) is 4. The van der Waals surface area contributed by atoms with Crippen molar-refractivity contribution in [3.05, 3.63) is 81.4 Å². The van der Waals surface area contributed by atoms with Crippen LogP contribution < -0.4 is 26.2 Å². The summed E-state index contributed by atoms with van der Waals surface area (Å²) in [6.07, 6.45) is 3.19. The third-order valence-corrected chi connectivity index (χ3v) is 20.4. The van der Waals surface area contributed by atoms with E-state index >= 15 is 0 Å². The largest absolute Gasteiger partial charge is 0.462 e. The SMILES string of the molecule is CO[C@@H]1/C=C/C=C(\C)Cc2cc(C)c(Cl)c(c2)N(C)C(=O)C[C@H](OC(=O)[C@H](C)N(C)C(=O)c2ccc(CC(=O)[C@H](CCCNC(N)=O)NC(=O)[C@@H](CC(=O)CCCCC(C)OC(=O)C(CBr)CBr)C(C)C)c(N3CCOCC3)c2)[C@]2(C)O[C@H]2[C@H](C)[C@@H]2C[C@@]1(O)CC(=O)O2. The fourth-order valence-electron chi connectivity index (χ4n) is 12.3. The van der Waals surface area contributed by atoms with Crippen molar-refractivity contribution < 1.29 is 76.7 Å². The highest BCUT2D eigenvalue weighted by molar-refractivity contribution is 9.09. The number of aryl methyl sites for hydroxylation is 1. The van der Waals surface area contributed by atoms with Gasteiger partial charge in [0.25, 0.3) is 5.91 Å². The normalized spacial score (nSPS) is 24.9. The van der Waals surface area contributed by atoms with Gasteiger partial charge in [-0.2, -0.15) is 0 Å². The number of ether oxygens (including phenoxy) is 6. The van der Waals surface area contributed by atoms with E-state index in [9.17, 15) is 48.3 Å². The van der Waals surface area contributed by atoms with Crippen LogP contribution >= 0.6 is 43.5 Å². The number of nitrogens with one attached hydrogen (secondary N) is 2. The zero-order valence-electron chi connectivity index (χ0n) is 55.5. The molecule has 514 valence electrons. The van der Waals surface area contributed by atoms with Crippen LogP contribution in [0.1, 0.15) is 140 Å². The number of aliphatic hydroxyl groups is 1. The number of amides is 5. The number of carbonyl (C=O) groups excluding carboxylic acids is 9. The number of rotatable bonds is 27. The van der Waals surface area contributed by atoms with Gasteiger partial charge in [-0.15, -0.1) is 0 Å². The number of Topliss-reactive ketones (excluding diaryl/α,β-unsaturated/α-hetero) is 2. The van der Waals surface area contributed by atoms with Crippen LogP contribution in [0.3, 0.4) is 0 Å². The molecule has 0 aliphatic carbocycles. The summed E-state index contributed by atoms with van der Waals surface area (Å²) in [4.78, 5) is 128. The van der Waals surface area contributed by atoms with Crippen molar-refractivity contribution in [1.82, 2.24) is 15.5 Å². The van der Waals surface area contributed by atoms with Gasteiger partial charge in [0.15, 0.2) is 5.78 Å². The van der Waals surface area contributed by atoms with Crippen LogP contribution in [0.4, 0.5) is 16.2 Å². The molecule has 0 radical (unpaired) electrons. The molecule has 0 aromatic heterocycles. The minimum absolute atomic E-state index is 0.00601. The lowest BCUT2D eigenvalue weighted by atomic mass is 9.78. The molecule has 93 heavy (non-hydrogen) atoms. The maximum absolute atomic E-state index is 14.7. The number of alkyl halides is 2. The molecule has 3 fully saturated rings. The molecular formula is C68H95Br2ClN6O16. The Labute approximate surface area is 568 Å². The molecule has 25 heteroatoms. The Morgan fingerprint density at radius 2 is 1.66 bits per heavy atom. The van der Waals surface area contributed by atoms with Gasteiger partial charge in [0.05, 0.1) is 60.9 Å². The highest BCUT2D eigenvalue weighted by atomic mass is 79.9. The number of unbranched alkanes of at least 4 members (excludes halogenated alkanes) is 1. The van der Waals surface area contributed by atoms with Crippen molar-refractivity contribution in [2.24, 2.45) is 29.4 Å². The molecule has 11 atom stereocenters. The van der Waals surface area contributed by atoms with E-state index < -0.39 is 95.2 Å². The van der Waals surface area contributed by atoms with Crippen molar-refractivity contribution >= 4 is 108 Å². The first-order valence-electron chi connectivity index (χ1n) is 32.1. The number of esters is 3. The molecular weight excluding hydrogens is 1350 g/mol. The maximum atomic E-state index is 14.7. The Morgan fingerprint density at radius 3 is 2.31 bits per heavy atom. The topological polar surface area (TPSA) is 292 Å². The van der Waals surface area contributed by atoms with Gasteiger partial charge in [-0.3, -0.25) is 33.6 Å². The quantitative estimate of drug-likeness (QED) is 0.0215. The second kappa shape index (κ2) is 34.8. The van der Waals surface area contributed by atoms with Gasteiger partial charge in [-0.05, 0) is 114 Å². The lowest BCUT2D eigenvalue weighted by molar-refractivity contribution is -0.187. The number of hydrogen-bond acceptors (Lipinski definition) is 17. The number of benzene rings is 2. The van der Waals surface area contributed by atoms with Gasteiger partial charge in [0.1, 0.15) is 41.3 Å². The molecule has 4 heterocycles. The number of nitrogens with zero attached hydrogens (tertiary/aromatic N) is 3. The third-order valence-electron chi connectivity index (χ3n) is 18.4. The number of anilines is 2. The Balaban J connectivity index is 1.21. The van der Waals surface area contributed by atoms with Crippen molar-refractivity contribution in [1.29, 1.82) is 0 Å². The average molecular weight is 1450 g/mol. The smallest absolute Gasteiger partial charge is 0.328 e. The van der Waals surface area contributed by atoms with Crippen molar-refractivity contribution in [2.45, 2.75) is 186 Å². The van der Waals surface area contributed by atoms with E-state index in [-0.39, 0.29) is 99.0 Å². The first-order chi connectivity index (χ1) is 43.9. The van der Waals surface area contributed by atoms with Gasteiger partial charge < -0.3 is 64.6 Å². The number of fused-ring (bicyclic) bond motifs is 5. The summed E-state index contributed by atoms with van der Waals surface area (Å²) < 4.78 is 35.7. The number of nitrogens with two attached hydrogens (primary N) is 1. The van der Waals surface area contributed by atoms with E-state index in [4.69, 9.17) is 45.8 Å². The number of methoxy groups -OCH3 is 1. The second-order valence-corrected chi connectivity index (χ2v) is 27.6. The number of primary amides is 1. The zero-order valence-corrected chi connectivity index (χ0v) is 59.5. The van der Waals surface area contributed by atoms with Crippen LogP contribution in [0.15, 0.2) is 54.1 Å². The molecule has 4 bridgehead atoms. The standard InChI is InChI=1S/C68H95Br2ClN6O16/c1-39(2)50(33-49(78)18-13-12-17-42(5)90-65(85)48(37-69)38-70)62(82)74-51(19-15-23-73-66(72)86)54(79)32-46-21-22-47(31-52(46)77-24-26-89-27-25-77)63(83)75(9)44(7)64(84)92-57-34-58(80)76(10)53-30-45(29-41(4)60(53)71)28-40(3)16-14-20-56(88-11)68(87)35-55(91-59(81)36-68)43(6)61-67(57,8)93-61/h14,16,20-22,29-31,39,42-44,48,50-51,55-57,61,87H,12-13,15,17-19,23-28,32-38H2,1-11H3,(H,74,82)(H3,72,73,86)/b20-14+,40-16+/t42?,43-,44+,50+,51+,55+,56-,57+,61+,67+,68-/m1/s1. The fraction of sp³-hybridized carbons (Fsp3) is 0.632. The summed E-state index contributed by atoms with van der Waals surface area (Å²) in [5.74, 6) is -5.68. The van der Waals surface area contributed by atoms with Crippen LogP contribution in [0.25, 0.3) is 0 Å². The minimum Gasteiger partial charge on any atom is -0.462 e. The third kappa shape index (κ3) is 20.6. The predicted octanol–water partition coefficient (Wildman–Crippen LogP) is 8.39. The summed E-state index contributed by atoms with van der Waals surface area (Å²) in [5, 5.41) is 18.9. The Hall–Kier alpha value is -5.76. The molecule has 4 aliphatic heterocycles. The lowest BCUT2D eigenvalue weighted by Gasteiger charge is -2.41. The highest BCUT2D eigenvalue weighted by Crippen LogP contribution is 2.50. The molecule has 5 amide bonds. The van der Waals surface area contributed by atoms with Crippen LogP contribution in [-0.4, -0.2) is 182 Å². The molecule has 2 aromatic rings. The Bertz CT molecular complexity index is 3080. The summed E-state index contributed by atoms with van der Waals surface area (Å²) in [6, 6.07) is 5.62. The van der Waals surface area contributed by atoms with Gasteiger partial charge in [0.2, 0.25) is 11.8 Å². The number of urea groups is 1. The van der Waals surface area contributed by atoms with Crippen LogP contribution in [0.2, 0.25) is 5.02 Å². The maximum Gasteiger partial charge on any atom is 0.328 e. The van der Waals surface area contributed by atoms with Gasteiger partial charge >= 0.3 is 23.9 Å². The van der Waals surface area contributed by atoms with E-state index in [1.165, 1.54) is 30.9 Å². The fourth-order valence-corrected chi connectivity index (χ4v) is 14.1. The number of morpholine rings is 1. The van der Waals surface area contributed by atoms with Gasteiger partial charge in [-0.25, -0.2) is 9.59 Å². The van der Waals surface area contributed by atoms with Crippen LogP contribution in [0, 0.1) is 30.6 Å². The van der Waals surface area contributed by atoms with Crippen molar-refractivity contribution in [3.8, 4) is 0 Å². The van der Waals surface area contributed by atoms with E-state index in [2.05, 4.69) is 42.5 Å². The summed E-state index contributed by atoms with van der Waals surface area (Å²) in [6.45, 7) is 16.0. The Morgan fingerprint density at radius 1 is 0.957 bits per heavy atom. The summed E-state index contributed by atoms with van der Waals surface area (Å²) in [5.41, 5.74) is 6.63. The molecule has 1 unspecified atom stereocenters. The van der Waals surface area contributed by atoms with E-state index in [0.29, 0.717) is 84.6 Å². The number of likely N-dealkylation sites (N-methyl/N-ethyl adjacent to an activating group) is 1. The summed E-state index contributed by atoms with van der Waals surface area (Å²) >= 11 is 13.6. The lowest BCUT2D eigenvalue weighted by Crippen LogP contribution is -2.53. The molecule has 4 aliphatic rings. The number of halogens is 3. The second-order valence-electron chi connectivity index (χ2n) is 25.9. The van der Waals surface area contributed by atoms with E-state index in [1.807, 2.05) is 57.7 Å². The highest BCUT2D eigenvalue weighted by Gasteiger charge is 2.64. The van der Waals surface area contributed by atoms with Crippen molar-refractivity contribution in [2.75, 3.05) is 74.5 Å². The van der Waals surface area contributed by atoms with E-state index in [0.717, 1.165) is 16.7 Å². The van der Waals surface area contributed by atoms with Crippen LogP contribution in [-0.2, 0) is 74.8 Å². The Kier molecular flexibility index (Phi) is 28.5. The molecule has 0 spiro atoms. The summed E-state index contributed by atoms with van der Waals surface area (Å²) in [7, 11) is 4.50. The first kappa shape index (κ1) is 76.3. The predicted molar refractivity (Wildman–Crippen MR) is 360 cm³/mol. The molecule has 0 saturated carbocycles.